The van der Waals surface area contributed by atoms with Crippen molar-refractivity contribution in [1.82, 2.24) is 0 Å². The Morgan fingerprint density at radius 2 is 1.18 bits per heavy atom. The minimum Gasteiger partial charge on any atom is -0.399 e. The highest BCUT2D eigenvalue weighted by Crippen LogP contribution is 2.32. The van der Waals surface area contributed by atoms with Gasteiger partial charge in [0, 0.05) is 16.8 Å². The van der Waals surface area contributed by atoms with Crippen LogP contribution in [-0.4, -0.2) is 0 Å². The number of rotatable bonds is 2. The fraction of sp³-hybridized carbons (Fsp3) is 0.200. The van der Waals surface area contributed by atoms with Crippen molar-refractivity contribution < 1.29 is 0 Å². The van der Waals surface area contributed by atoms with E-state index in [1.165, 1.54) is 11.1 Å². The molecule has 0 radical (unpaired) electrons. The van der Waals surface area contributed by atoms with Crippen molar-refractivity contribution in [2.45, 2.75) is 19.3 Å². The lowest BCUT2D eigenvalue weighted by molar-refractivity contribution is 0.641. The molecule has 2 aromatic rings. The summed E-state index contributed by atoms with van der Waals surface area (Å²) < 4.78 is 0. The van der Waals surface area contributed by atoms with E-state index in [1.54, 1.807) is 0 Å². The van der Waals surface area contributed by atoms with Crippen molar-refractivity contribution in [2.24, 2.45) is 0 Å². The fourth-order valence-electron chi connectivity index (χ4n) is 2.02. The second-order valence-electron chi connectivity index (χ2n) is 4.88. The molecule has 17 heavy (non-hydrogen) atoms. The zero-order chi connectivity index (χ0) is 12.5. The van der Waals surface area contributed by atoms with Crippen LogP contribution in [0.5, 0.6) is 0 Å². The average Bonchev–Trinajstić information content (AvgIpc) is 2.29. The van der Waals surface area contributed by atoms with Crippen LogP contribution in [0.2, 0.25) is 0 Å². The van der Waals surface area contributed by atoms with E-state index in [-0.39, 0.29) is 5.41 Å². The van der Waals surface area contributed by atoms with Gasteiger partial charge in [0.1, 0.15) is 0 Å². The van der Waals surface area contributed by atoms with Crippen molar-refractivity contribution in [2.75, 3.05) is 11.5 Å². The lowest BCUT2D eigenvalue weighted by Gasteiger charge is -2.26. The molecule has 2 aromatic carbocycles. The maximum Gasteiger partial charge on any atom is 0.0317 e. The number of nitrogen functional groups attached to an aromatic ring is 2. The van der Waals surface area contributed by atoms with Gasteiger partial charge < -0.3 is 11.5 Å². The summed E-state index contributed by atoms with van der Waals surface area (Å²) in [5.74, 6) is 0. The Hall–Kier alpha value is -1.96. The quantitative estimate of drug-likeness (QED) is 0.773. The third kappa shape index (κ3) is 2.26. The first-order valence-electron chi connectivity index (χ1n) is 5.72. The van der Waals surface area contributed by atoms with Crippen molar-refractivity contribution >= 4 is 11.4 Å². The Morgan fingerprint density at radius 3 is 1.53 bits per heavy atom. The van der Waals surface area contributed by atoms with Crippen LogP contribution >= 0.6 is 0 Å². The number of nitrogens with two attached hydrogens (primary N) is 2. The van der Waals surface area contributed by atoms with Gasteiger partial charge in [-0.3, -0.25) is 0 Å². The topological polar surface area (TPSA) is 52.0 Å². The zero-order valence-corrected chi connectivity index (χ0v) is 10.3. The summed E-state index contributed by atoms with van der Waals surface area (Å²) in [6.45, 7) is 4.35. The van der Waals surface area contributed by atoms with Crippen LogP contribution in [-0.2, 0) is 5.41 Å². The van der Waals surface area contributed by atoms with Gasteiger partial charge in [-0.15, -0.1) is 0 Å². The number of benzene rings is 2. The molecule has 4 N–H and O–H groups in total. The molecular formula is C15H18N2. The molecule has 2 rings (SSSR count). The highest BCUT2D eigenvalue weighted by molar-refractivity contribution is 5.50. The first kappa shape index (κ1) is 11.5. The molecule has 0 unspecified atom stereocenters. The predicted molar refractivity (Wildman–Crippen MR) is 73.8 cm³/mol. The smallest absolute Gasteiger partial charge is 0.0317 e. The van der Waals surface area contributed by atoms with E-state index >= 15 is 0 Å². The number of anilines is 2. The molecule has 0 atom stereocenters. The molecule has 0 saturated heterocycles. The van der Waals surface area contributed by atoms with Gasteiger partial charge in [0.05, 0.1) is 0 Å². The van der Waals surface area contributed by atoms with E-state index in [0.29, 0.717) is 0 Å². The second kappa shape index (κ2) is 4.13. The molecule has 88 valence electrons. The number of hydrogen-bond acceptors (Lipinski definition) is 2. The Balaban J connectivity index is 2.49. The third-order valence-corrected chi connectivity index (χ3v) is 3.22. The molecule has 0 heterocycles. The molecule has 0 spiro atoms. The summed E-state index contributed by atoms with van der Waals surface area (Å²) in [7, 11) is 0. The summed E-state index contributed by atoms with van der Waals surface area (Å²) in [6.07, 6.45) is 0. The molecule has 0 saturated carbocycles. The van der Waals surface area contributed by atoms with Gasteiger partial charge in [-0.05, 0) is 35.4 Å². The molecule has 0 aliphatic heterocycles. The van der Waals surface area contributed by atoms with Gasteiger partial charge in [-0.1, -0.05) is 38.1 Å². The minimum atomic E-state index is -0.0925. The lowest BCUT2D eigenvalue weighted by atomic mass is 9.78. The Kier molecular flexibility index (Phi) is 2.80. The largest absolute Gasteiger partial charge is 0.399 e. The molecule has 0 aliphatic carbocycles. The van der Waals surface area contributed by atoms with Gasteiger partial charge in [-0.25, -0.2) is 0 Å². The molecule has 0 fully saturated rings. The van der Waals surface area contributed by atoms with Crippen LogP contribution in [0.3, 0.4) is 0 Å². The summed E-state index contributed by atoms with van der Waals surface area (Å²) in [6, 6.07) is 16.0. The molecule has 0 aromatic heterocycles. The van der Waals surface area contributed by atoms with E-state index in [1.807, 2.05) is 36.4 Å². The highest BCUT2D eigenvalue weighted by Gasteiger charge is 2.23. The maximum atomic E-state index is 5.84. The van der Waals surface area contributed by atoms with Crippen LogP contribution in [0, 0.1) is 0 Å². The van der Waals surface area contributed by atoms with E-state index in [2.05, 4.69) is 26.0 Å². The van der Waals surface area contributed by atoms with Gasteiger partial charge in [0.25, 0.3) is 0 Å². The van der Waals surface area contributed by atoms with Gasteiger partial charge >= 0.3 is 0 Å². The lowest BCUT2D eigenvalue weighted by Crippen LogP contribution is -2.19. The number of hydrogen-bond donors (Lipinski definition) is 2. The summed E-state index contributed by atoms with van der Waals surface area (Å²) >= 11 is 0. The van der Waals surface area contributed by atoms with Crippen molar-refractivity contribution in [1.29, 1.82) is 0 Å². The molecule has 0 bridgehead atoms. The zero-order valence-electron chi connectivity index (χ0n) is 10.3. The van der Waals surface area contributed by atoms with Crippen LogP contribution < -0.4 is 11.5 Å². The van der Waals surface area contributed by atoms with Gasteiger partial charge in [0.15, 0.2) is 0 Å². The Labute approximate surface area is 102 Å². The van der Waals surface area contributed by atoms with Crippen molar-refractivity contribution in [3.8, 4) is 0 Å². The van der Waals surface area contributed by atoms with E-state index in [0.717, 1.165) is 11.4 Å². The van der Waals surface area contributed by atoms with Crippen LogP contribution in [0.15, 0.2) is 48.5 Å². The fourth-order valence-corrected chi connectivity index (χ4v) is 2.02. The predicted octanol–water partition coefficient (Wildman–Crippen LogP) is 3.18. The average molecular weight is 226 g/mol. The summed E-state index contributed by atoms with van der Waals surface area (Å²) in [5, 5.41) is 0. The summed E-state index contributed by atoms with van der Waals surface area (Å²) in [5.41, 5.74) is 15.6. The SMILES string of the molecule is CC(C)(c1cccc(N)c1)c1cccc(N)c1. The third-order valence-electron chi connectivity index (χ3n) is 3.22. The standard InChI is InChI=1S/C15H18N2/c1-15(2,11-5-3-7-13(16)9-11)12-6-4-8-14(17)10-12/h3-10H,16-17H2,1-2H3. The molecule has 0 aliphatic rings. The molecular weight excluding hydrogens is 208 g/mol. The molecule has 2 nitrogen and oxygen atoms in total. The van der Waals surface area contributed by atoms with Crippen LogP contribution in [0.25, 0.3) is 0 Å². The normalized spacial score (nSPS) is 11.4. The first-order chi connectivity index (χ1) is 8.00. The highest BCUT2D eigenvalue weighted by atomic mass is 14.6. The second-order valence-corrected chi connectivity index (χ2v) is 4.88. The van der Waals surface area contributed by atoms with E-state index < -0.39 is 0 Å². The molecule has 0 amide bonds. The summed E-state index contributed by atoms with van der Waals surface area (Å²) in [4.78, 5) is 0. The van der Waals surface area contributed by atoms with Gasteiger partial charge in [0.2, 0.25) is 0 Å². The van der Waals surface area contributed by atoms with Gasteiger partial charge in [-0.2, -0.15) is 0 Å². The molecule has 2 heteroatoms. The van der Waals surface area contributed by atoms with E-state index in [9.17, 15) is 0 Å². The Morgan fingerprint density at radius 1 is 0.765 bits per heavy atom. The maximum absolute atomic E-state index is 5.84. The van der Waals surface area contributed by atoms with Crippen LogP contribution in [0.1, 0.15) is 25.0 Å². The minimum absolute atomic E-state index is 0.0925. The van der Waals surface area contributed by atoms with Crippen molar-refractivity contribution in [3.63, 3.8) is 0 Å². The van der Waals surface area contributed by atoms with Crippen LogP contribution in [0.4, 0.5) is 11.4 Å². The van der Waals surface area contributed by atoms with E-state index in [4.69, 9.17) is 11.5 Å². The van der Waals surface area contributed by atoms with Crippen molar-refractivity contribution in [3.05, 3.63) is 59.7 Å². The monoisotopic (exact) mass is 226 g/mol. The first-order valence-corrected chi connectivity index (χ1v) is 5.72. The Bertz CT molecular complexity index is 482.